The molecule has 2 heterocycles. The van der Waals surface area contributed by atoms with E-state index in [4.69, 9.17) is 0 Å². The Balaban J connectivity index is 1.91. The van der Waals surface area contributed by atoms with Crippen molar-refractivity contribution in [1.82, 2.24) is 20.2 Å². The van der Waals surface area contributed by atoms with E-state index < -0.39 is 0 Å². The number of hydrogen-bond acceptors (Lipinski definition) is 3. The first-order valence-electron chi connectivity index (χ1n) is 6.34. The number of aromatic amines is 1. The maximum atomic E-state index is 13.6. The van der Waals surface area contributed by atoms with E-state index in [1.54, 1.807) is 6.07 Å². The van der Waals surface area contributed by atoms with Gasteiger partial charge in [-0.05, 0) is 19.1 Å². The second-order valence-corrected chi connectivity index (χ2v) is 4.72. The Kier molecular flexibility index (Phi) is 3.01. The lowest BCUT2D eigenvalue weighted by Crippen LogP contribution is -2.44. The number of aromatic nitrogens is 2. The summed E-state index contributed by atoms with van der Waals surface area (Å²) >= 11 is 0. The van der Waals surface area contributed by atoms with Gasteiger partial charge in [-0.15, -0.1) is 0 Å². The number of hydrogen-bond donors (Lipinski definition) is 2. The molecule has 0 saturated carbocycles. The summed E-state index contributed by atoms with van der Waals surface area (Å²) in [6.45, 7) is 6.11. The van der Waals surface area contributed by atoms with Crippen LogP contribution in [0.4, 0.5) is 4.39 Å². The first kappa shape index (κ1) is 11.6. The van der Waals surface area contributed by atoms with Gasteiger partial charge in [-0.1, -0.05) is 6.07 Å². The van der Waals surface area contributed by atoms with Crippen molar-refractivity contribution >= 4 is 11.0 Å². The predicted octanol–water partition coefficient (Wildman–Crippen LogP) is 1.67. The molecule has 96 valence electrons. The van der Waals surface area contributed by atoms with Crippen molar-refractivity contribution in [3.8, 4) is 0 Å². The zero-order chi connectivity index (χ0) is 12.5. The van der Waals surface area contributed by atoms with Crippen molar-refractivity contribution in [2.45, 2.75) is 13.0 Å². The van der Waals surface area contributed by atoms with Gasteiger partial charge in [0.25, 0.3) is 0 Å². The average molecular weight is 248 g/mol. The Labute approximate surface area is 105 Å². The van der Waals surface area contributed by atoms with Gasteiger partial charge in [0.1, 0.15) is 11.3 Å². The fourth-order valence-corrected chi connectivity index (χ4v) is 2.46. The number of imidazole rings is 1. The largest absolute Gasteiger partial charge is 0.341 e. The summed E-state index contributed by atoms with van der Waals surface area (Å²) in [6.07, 6.45) is 0. The SMILES string of the molecule is C[C@H](c1nc2c(F)cccc2[nH]1)N1CCNCC1. The Morgan fingerprint density at radius 3 is 2.83 bits per heavy atom. The quantitative estimate of drug-likeness (QED) is 0.849. The number of benzene rings is 1. The smallest absolute Gasteiger partial charge is 0.151 e. The topological polar surface area (TPSA) is 44.0 Å². The number of rotatable bonds is 2. The van der Waals surface area contributed by atoms with Crippen LogP contribution in [-0.4, -0.2) is 41.0 Å². The van der Waals surface area contributed by atoms with Crippen molar-refractivity contribution in [2.75, 3.05) is 26.2 Å². The number of halogens is 1. The van der Waals surface area contributed by atoms with Crippen molar-refractivity contribution < 1.29 is 4.39 Å². The number of nitrogens with one attached hydrogen (secondary N) is 2. The van der Waals surface area contributed by atoms with Gasteiger partial charge >= 0.3 is 0 Å². The van der Waals surface area contributed by atoms with Crippen molar-refractivity contribution in [3.05, 3.63) is 29.8 Å². The van der Waals surface area contributed by atoms with E-state index in [9.17, 15) is 4.39 Å². The number of fused-ring (bicyclic) bond motifs is 1. The van der Waals surface area contributed by atoms with Crippen LogP contribution >= 0.6 is 0 Å². The molecule has 0 unspecified atom stereocenters. The summed E-state index contributed by atoms with van der Waals surface area (Å²) in [5.41, 5.74) is 1.21. The average Bonchev–Trinajstić information content (AvgIpc) is 2.84. The van der Waals surface area contributed by atoms with E-state index in [0.717, 1.165) is 37.5 Å². The van der Waals surface area contributed by atoms with Gasteiger partial charge in [0.15, 0.2) is 5.82 Å². The molecule has 1 aromatic carbocycles. The summed E-state index contributed by atoms with van der Waals surface area (Å²) in [6, 6.07) is 5.20. The summed E-state index contributed by atoms with van der Waals surface area (Å²) in [4.78, 5) is 9.97. The second-order valence-electron chi connectivity index (χ2n) is 4.72. The molecule has 2 N–H and O–H groups in total. The van der Waals surface area contributed by atoms with Crippen LogP contribution in [0.3, 0.4) is 0 Å². The third-order valence-corrected chi connectivity index (χ3v) is 3.58. The highest BCUT2D eigenvalue weighted by atomic mass is 19.1. The number of H-pyrrole nitrogens is 1. The van der Waals surface area contributed by atoms with Crippen LogP contribution in [0.2, 0.25) is 0 Å². The molecule has 5 heteroatoms. The van der Waals surface area contributed by atoms with E-state index in [-0.39, 0.29) is 11.9 Å². The number of piperazine rings is 1. The van der Waals surface area contributed by atoms with Crippen LogP contribution in [0, 0.1) is 5.82 Å². The maximum absolute atomic E-state index is 13.6. The molecule has 1 aromatic heterocycles. The highest BCUT2D eigenvalue weighted by Gasteiger charge is 2.21. The minimum atomic E-state index is -0.262. The van der Waals surface area contributed by atoms with Gasteiger partial charge in [-0.25, -0.2) is 9.37 Å². The standard InChI is InChI=1S/C13H17FN4/c1-9(18-7-5-15-6-8-18)13-16-11-4-2-3-10(14)12(11)17-13/h2-4,9,15H,5-8H2,1H3,(H,16,17)/t9-/m1/s1. The monoisotopic (exact) mass is 248 g/mol. The van der Waals surface area contributed by atoms with Crippen molar-refractivity contribution in [2.24, 2.45) is 0 Å². The summed E-state index contributed by atoms with van der Waals surface area (Å²) in [5.74, 6) is 0.583. The van der Waals surface area contributed by atoms with Crippen LogP contribution in [0.15, 0.2) is 18.2 Å². The van der Waals surface area contributed by atoms with Crippen LogP contribution < -0.4 is 5.32 Å². The molecular weight excluding hydrogens is 231 g/mol. The van der Waals surface area contributed by atoms with Gasteiger partial charge in [0.05, 0.1) is 11.6 Å². The molecule has 0 amide bonds. The molecule has 1 aliphatic rings. The zero-order valence-corrected chi connectivity index (χ0v) is 10.4. The second kappa shape index (κ2) is 4.66. The Hall–Kier alpha value is -1.46. The van der Waals surface area contributed by atoms with Crippen molar-refractivity contribution in [3.63, 3.8) is 0 Å². The van der Waals surface area contributed by atoms with Gasteiger partial charge in [0.2, 0.25) is 0 Å². The third kappa shape index (κ3) is 2.00. The lowest BCUT2D eigenvalue weighted by atomic mass is 10.2. The Bertz CT molecular complexity index is 545. The molecule has 1 atom stereocenters. The zero-order valence-electron chi connectivity index (χ0n) is 10.4. The molecule has 0 aliphatic carbocycles. The van der Waals surface area contributed by atoms with E-state index in [2.05, 4.69) is 27.1 Å². The van der Waals surface area contributed by atoms with E-state index >= 15 is 0 Å². The molecular formula is C13H17FN4. The number of nitrogens with zero attached hydrogens (tertiary/aromatic N) is 2. The molecule has 1 fully saturated rings. The number of para-hydroxylation sites is 1. The normalized spacial score (nSPS) is 19.2. The summed E-state index contributed by atoms with van der Waals surface area (Å²) in [7, 11) is 0. The minimum Gasteiger partial charge on any atom is -0.341 e. The maximum Gasteiger partial charge on any atom is 0.151 e. The fraction of sp³-hybridized carbons (Fsp3) is 0.462. The van der Waals surface area contributed by atoms with Crippen LogP contribution in [0.1, 0.15) is 18.8 Å². The molecule has 0 spiro atoms. The van der Waals surface area contributed by atoms with Gasteiger partial charge in [-0.2, -0.15) is 0 Å². The third-order valence-electron chi connectivity index (χ3n) is 3.58. The summed E-state index contributed by atoms with van der Waals surface area (Å²) < 4.78 is 13.6. The lowest BCUT2D eigenvalue weighted by molar-refractivity contribution is 0.180. The van der Waals surface area contributed by atoms with E-state index in [1.165, 1.54) is 6.07 Å². The molecule has 2 aromatic rings. The highest BCUT2D eigenvalue weighted by molar-refractivity contribution is 5.75. The molecule has 1 saturated heterocycles. The van der Waals surface area contributed by atoms with Crippen LogP contribution in [0.5, 0.6) is 0 Å². The Morgan fingerprint density at radius 1 is 1.33 bits per heavy atom. The first-order chi connectivity index (χ1) is 8.75. The van der Waals surface area contributed by atoms with E-state index in [0.29, 0.717) is 5.52 Å². The molecule has 4 nitrogen and oxygen atoms in total. The predicted molar refractivity (Wildman–Crippen MR) is 68.9 cm³/mol. The van der Waals surface area contributed by atoms with Gasteiger partial charge in [-0.3, -0.25) is 4.90 Å². The lowest BCUT2D eigenvalue weighted by Gasteiger charge is -2.31. The minimum absolute atomic E-state index is 0.193. The van der Waals surface area contributed by atoms with Gasteiger partial charge < -0.3 is 10.3 Å². The van der Waals surface area contributed by atoms with Gasteiger partial charge in [0, 0.05) is 26.2 Å². The fourth-order valence-electron chi connectivity index (χ4n) is 2.46. The summed E-state index contributed by atoms with van der Waals surface area (Å²) in [5, 5.41) is 3.32. The van der Waals surface area contributed by atoms with Crippen molar-refractivity contribution in [1.29, 1.82) is 0 Å². The van der Waals surface area contributed by atoms with Crippen LogP contribution in [-0.2, 0) is 0 Å². The molecule has 1 aliphatic heterocycles. The molecule has 3 rings (SSSR count). The Morgan fingerprint density at radius 2 is 2.11 bits per heavy atom. The molecule has 0 bridgehead atoms. The molecule has 18 heavy (non-hydrogen) atoms. The van der Waals surface area contributed by atoms with Crippen LogP contribution in [0.25, 0.3) is 11.0 Å². The first-order valence-corrected chi connectivity index (χ1v) is 6.34. The highest BCUT2D eigenvalue weighted by Crippen LogP contribution is 2.22. The molecule has 0 radical (unpaired) electrons. The van der Waals surface area contributed by atoms with E-state index in [1.807, 2.05) is 6.07 Å².